The minimum atomic E-state index is -3.34. The maximum absolute atomic E-state index is 13.5. The first kappa shape index (κ1) is 15.1. The lowest BCUT2D eigenvalue weighted by Gasteiger charge is -2.31. The summed E-state index contributed by atoms with van der Waals surface area (Å²) in [4.78, 5) is 10.9. The van der Waals surface area contributed by atoms with Crippen LogP contribution in [0.1, 0.15) is 11.6 Å². The van der Waals surface area contributed by atoms with Gasteiger partial charge in [0.25, 0.3) is 0 Å². The molecule has 1 aliphatic rings. The molecule has 1 saturated heterocycles. The number of hydrogen-bond donors (Lipinski definition) is 1. The van der Waals surface area contributed by atoms with Crippen molar-refractivity contribution in [2.45, 2.75) is 12.0 Å². The second-order valence-electron chi connectivity index (χ2n) is 3.58. The highest BCUT2D eigenvalue weighted by atomic mass is 79.9. The Morgan fingerprint density at radius 1 is 1.44 bits per heavy atom. The molecule has 100 valence electrons. The third-order valence-electron chi connectivity index (χ3n) is 2.35. The Kier molecular flexibility index (Phi) is 4.50. The van der Waals surface area contributed by atoms with E-state index >= 15 is 0 Å². The number of benzene rings is 1. The molecule has 1 fully saturated rings. The number of carbonyl (C=O) groups is 1. The second-order valence-corrected chi connectivity index (χ2v) is 4.50. The van der Waals surface area contributed by atoms with E-state index in [0.29, 0.717) is 4.47 Å². The summed E-state index contributed by atoms with van der Waals surface area (Å²) in [5, 5.41) is 1.92. The zero-order valence-electron chi connectivity index (χ0n) is 8.75. The number of amides is 1. The molecule has 3 nitrogen and oxygen atoms in total. The number of nitrogens with one attached hydrogen (secondary N) is 1. The molecule has 1 atom stereocenters. The molecule has 1 aromatic carbocycles. The number of ether oxygens (including phenoxy) is 1. The largest absolute Gasteiger partial charge is 0.443 e. The molecule has 1 aromatic rings. The van der Waals surface area contributed by atoms with Crippen LogP contribution in [0.25, 0.3) is 0 Å². The molecule has 0 aromatic heterocycles. The van der Waals surface area contributed by atoms with Crippen molar-refractivity contribution in [3.05, 3.63) is 34.1 Å². The Balaban J connectivity index is 0.00000162. The van der Waals surface area contributed by atoms with Gasteiger partial charge in [-0.1, -0.05) is 22.0 Å². The van der Waals surface area contributed by atoms with Gasteiger partial charge in [-0.25, -0.2) is 18.0 Å². The summed E-state index contributed by atoms with van der Waals surface area (Å²) in [6, 6.07) is 1.98. The van der Waals surface area contributed by atoms with Crippen molar-refractivity contribution in [1.82, 2.24) is 5.32 Å². The average Bonchev–Trinajstić information content (AvgIpc) is 2.23. The van der Waals surface area contributed by atoms with Crippen molar-refractivity contribution in [3.63, 3.8) is 0 Å². The van der Waals surface area contributed by atoms with Crippen LogP contribution in [0.3, 0.4) is 0 Å². The van der Waals surface area contributed by atoms with E-state index in [9.17, 15) is 18.0 Å². The monoisotopic (exact) mass is 345 g/mol. The fourth-order valence-electron chi connectivity index (χ4n) is 1.55. The lowest BCUT2D eigenvalue weighted by molar-refractivity contribution is -0.105. The summed E-state index contributed by atoms with van der Waals surface area (Å²) in [7, 11) is 0. The molecular formula is C10H8BrClF3NO2. The van der Waals surface area contributed by atoms with Crippen LogP contribution in [0.2, 0.25) is 0 Å². The minimum Gasteiger partial charge on any atom is -0.443 e. The van der Waals surface area contributed by atoms with Crippen molar-refractivity contribution < 1.29 is 22.7 Å². The van der Waals surface area contributed by atoms with Gasteiger partial charge in [0.15, 0.2) is 6.61 Å². The fourth-order valence-corrected chi connectivity index (χ4v) is 1.88. The van der Waals surface area contributed by atoms with E-state index in [4.69, 9.17) is 0 Å². The highest BCUT2D eigenvalue weighted by molar-refractivity contribution is 9.10. The molecule has 0 spiro atoms. The number of rotatable bonds is 1. The zero-order chi connectivity index (χ0) is 12.6. The first-order valence-electron chi connectivity index (χ1n) is 4.66. The van der Waals surface area contributed by atoms with Gasteiger partial charge in [0.05, 0.1) is 0 Å². The normalized spacial score (nSPS) is 21.6. The average molecular weight is 347 g/mol. The summed E-state index contributed by atoms with van der Waals surface area (Å²) >= 11 is 3.02. The van der Waals surface area contributed by atoms with Crippen LogP contribution in [-0.2, 0) is 4.74 Å². The first-order valence-corrected chi connectivity index (χ1v) is 5.45. The van der Waals surface area contributed by atoms with Crippen LogP contribution < -0.4 is 5.32 Å². The van der Waals surface area contributed by atoms with Crippen molar-refractivity contribution in [3.8, 4) is 0 Å². The zero-order valence-corrected chi connectivity index (χ0v) is 11.2. The summed E-state index contributed by atoms with van der Waals surface area (Å²) < 4.78 is 45.1. The standard InChI is InChI=1S/C10H7BrF3NO2.ClH/c11-5-1-2-6(7(12)3-5)8-10(13,14)4-17-9(16)15-8;/h1-3,8H,4H2,(H,15,16);1H/t8-;/m0./s1. The summed E-state index contributed by atoms with van der Waals surface area (Å²) in [6.45, 7) is -1.06. The molecule has 0 unspecified atom stereocenters. The second kappa shape index (κ2) is 5.36. The minimum absolute atomic E-state index is 0. The number of alkyl carbamates (subject to hydrolysis) is 1. The van der Waals surface area contributed by atoms with E-state index < -0.39 is 30.5 Å². The van der Waals surface area contributed by atoms with Gasteiger partial charge in [-0.3, -0.25) is 0 Å². The fraction of sp³-hybridized carbons (Fsp3) is 0.300. The lowest BCUT2D eigenvalue weighted by Crippen LogP contribution is -2.49. The number of cyclic esters (lactones) is 1. The van der Waals surface area contributed by atoms with Gasteiger partial charge in [-0.05, 0) is 12.1 Å². The van der Waals surface area contributed by atoms with Gasteiger partial charge in [0.2, 0.25) is 0 Å². The molecule has 0 radical (unpaired) electrons. The van der Waals surface area contributed by atoms with E-state index in [0.717, 1.165) is 6.07 Å². The summed E-state index contributed by atoms with van der Waals surface area (Å²) in [5.41, 5.74) is -0.269. The predicted molar refractivity (Wildman–Crippen MR) is 63.5 cm³/mol. The van der Waals surface area contributed by atoms with Crippen LogP contribution in [0.5, 0.6) is 0 Å². The Labute approximate surface area is 115 Å². The van der Waals surface area contributed by atoms with Gasteiger partial charge < -0.3 is 10.1 Å². The van der Waals surface area contributed by atoms with Crippen molar-refractivity contribution >= 4 is 34.4 Å². The number of carbonyl (C=O) groups excluding carboxylic acids is 1. The van der Waals surface area contributed by atoms with E-state index in [1.807, 2.05) is 5.32 Å². The summed E-state index contributed by atoms with van der Waals surface area (Å²) in [5.74, 6) is -4.16. The van der Waals surface area contributed by atoms with Crippen molar-refractivity contribution in [2.75, 3.05) is 6.61 Å². The lowest BCUT2D eigenvalue weighted by atomic mass is 10.00. The van der Waals surface area contributed by atoms with Crippen LogP contribution in [-0.4, -0.2) is 18.6 Å². The smallest absolute Gasteiger partial charge is 0.408 e. The van der Waals surface area contributed by atoms with Crippen LogP contribution in [0.15, 0.2) is 22.7 Å². The molecule has 0 saturated carbocycles. The van der Waals surface area contributed by atoms with Crippen molar-refractivity contribution in [2.24, 2.45) is 0 Å². The quantitative estimate of drug-likeness (QED) is 0.846. The summed E-state index contributed by atoms with van der Waals surface area (Å²) in [6.07, 6.45) is -0.983. The van der Waals surface area contributed by atoms with E-state index in [2.05, 4.69) is 20.7 Å². The maximum atomic E-state index is 13.5. The van der Waals surface area contributed by atoms with E-state index in [1.165, 1.54) is 12.1 Å². The molecule has 1 heterocycles. The molecule has 1 amide bonds. The maximum Gasteiger partial charge on any atom is 0.408 e. The Hall–Kier alpha value is -0.950. The molecule has 8 heteroatoms. The van der Waals surface area contributed by atoms with Crippen molar-refractivity contribution in [1.29, 1.82) is 0 Å². The highest BCUT2D eigenvalue weighted by Crippen LogP contribution is 2.36. The molecule has 18 heavy (non-hydrogen) atoms. The van der Waals surface area contributed by atoms with Gasteiger partial charge in [0, 0.05) is 10.0 Å². The van der Waals surface area contributed by atoms with Gasteiger partial charge in [-0.15, -0.1) is 12.4 Å². The Morgan fingerprint density at radius 2 is 2.11 bits per heavy atom. The van der Waals surface area contributed by atoms with Gasteiger partial charge >= 0.3 is 12.0 Å². The molecule has 0 aliphatic carbocycles. The number of alkyl halides is 2. The van der Waals surface area contributed by atoms with Crippen LogP contribution in [0.4, 0.5) is 18.0 Å². The molecule has 2 rings (SSSR count). The predicted octanol–water partition coefficient (Wildman–Crippen LogP) is 3.43. The topological polar surface area (TPSA) is 38.3 Å². The SMILES string of the molecule is Cl.O=C1N[C@@H](c2ccc(Br)cc2F)C(F)(F)CO1. The third kappa shape index (κ3) is 2.89. The Morgan fingerprint density at radius 3 is 2.72 bits per heavy atom. The molecule has 1 N–H and O–H groups in total. The Bertz CT molecular complexity index is 472. The van der Waals surface area contributed by atoms with Gasteiger partial charge in [0.1, 0.15) is 11.9 Å². The highest BCUT2D eigenvalue weighted by Gasteiger charge is 2.47. The number of halogens is 5. The molecule has 1 aliphatic heterocycles. The van der Waals surface area contributed by atoms with E-state index in [-0.39, 0.29) is 18.0 Å². The van der Waals surface area contributed by atoms with Crippen LogP contribution >= 0.6 is 28.3 Å². The molecular weight excluding hydrogens is 338 g/mol. The van der Waals surface area contributed by atoms with Gasteiger partial charge in [-0.2, -0.15) is 0 Å². The third-order valence-corrected chi connectivity index (χ3v) is 2.85. The van der Waals surface area contributed by atoms with E-state index in [1.54, 1.807) is 0 Å². The first-order chi connectivity index (χ1) is 7.90. The van der Waals surface area contributed by atoms with Crippen LogP contribution in [0, 0.1) is 5.82 Å². The number of hydrogen-bond acceptors (Lipinski definition) is 2. The molecule has 0 bridgehead atoms.